The van der Waals surface area contributed by atoms with Gasteiger partial charge in [-0.3, -0.25) is 0 Å². The van der Waals surface area contributed by atoms with E-state index < -0.39 is 0 Å². The lowest BCUT2D eigenvalue weighted by molar-refractivity contribution is 0.886. The molecule has 0 aromatic carbocycles. The van der Waals surface area contributed by atoms with Gasteiger partial charge in [-0.25, -0.2) is 0 Å². The molecule has 0 heterocycles. The van der Waals surface area contributed by atoms with E-state index in [1.807, 2.05) is 55.4 Å². The molecule has 1 aliphatic rings. The van der Waals surface area contributed by atoms with Crippen molar-refractivity contribution in [1.29, 1.82) is 0 Å². The second kappa shape index (κ2) is 94.6. The molecule has 0 nitrogen and oxygen atoms in total. The maximum atomic E-state index is 2.18. The third-order valence-corrected chi connectivity index (χ3v) is 0.854. The van der Waals surface area contributed by atoms with E-state index in [-0.39, 0.29) is 0 Å². The third kappa shape index (κ3) is 504. The molecule has 0 aromatic rings. The smallest absolute Gasteiger partial charge is 0.0533 e. The maximum absolute atomic E-state index is 2.18. The van der Waals surface area contributed by atoms with Gasteiger partial charge >= 0.3 is 0 Å². The quantitative estimate of drug-likeness (QED) is 0.443. The second-order valence-corrected chi connectivity index (χ2v) is 2.06. The second-order valence-electron chi connectivity index (χ2n) is 2.06. The Morgan fingerprint density at radius 1 is 0.467 bits per heavy atom. The number of unbranched alkanes of at least 4 members (excludes halogenated alkanes) is 1. The zero-order valence-corrected chi connectivity index (χ0v) is 13.5. The number of hydrogen-bond donors (Lipinski definition) is 0. The van der Waals surface area contributed by atoms with E-state index in [0.29, 0.717) is 0 Å². The van der Waals surface area contributed by atoms with Crippen LogP contribution in [0, 0.1) is 0 Å². The summed E-state index contributed by atoms with van der Waals surface area (Å²) < 4.78 is 0. The molecule has 1 fully saturated rings. The molecule has 0 unspecified atom stereocenters. The SMILES string of the molecule is C1CC1.CC.CC.CC.CC.CCCC. The van der Waals surface area contributed by atoms with Gasteiger partial charge in [0, 0.05) is 0 Å². The summed E-state index contributed by atoms with van der Waals surface area (Å²) >= 11 is 0. The minimum absolute atomic E-state index is 1.32. The Morgan fingerprint density at radius 2 is 0.600 bits per heavy atom. The lowest BCUT2D eigenvalue weighted by Gasteiger charge is -1.68. The van der Waals surface area contributed by atoms with Crippen molar-refractivity contribution in [2.45, 2.75) is 101 Å². The molecule has 15 heavy (non-hydrogen) atoms. The van der Waals surface area contributed by atoms with Crippen molar-refractivity contribution >= 4 is 0 Å². The zero-order valence-electron chi connectivity index (χ0n) is 13.5. The topological polar surface area (TPSA) is 0 Å². The molecular weight excluding hydrogens is 180 g/mol. The van der Waals surface area contributed by atoms with Gasteiger partial charge in [0.2, 0.25) is 0 Å². The highest BCUT2D eigenvalue weighted by Gasteiger charge is 1.95. The predicted octanol–water partition coefficient (Wildman–Crippen LogP) is 7.08. The fourth-order valence-electron chi connectivity index (χ4n) is 0. The maximum Gasteiger partial charge on any atom is -0.0533 e. The van der Waals surface area contributed by atoms with Crippen molar-refractivity contribution in [2.75, 3.05) is 0 Å². The molecule has 0 N–H and O–H groups in total. The Balaban J connectivity index is -0.0000000277. The fourth-order valence-corrected chi connectivity index (χ4v) is 0. The molecular formula is C15H40. The van der Waals surface area contributed by atoms with Gasteiger partial charge in [0.1, 0.15) is 0 Å². The van der Waals surface area contributed by atoms with Gasteiger partial charge in [0.25, 0.3) is 0 Å². The average Bonchev–Trinajstić information content (AvgIpc) is 3.26. The highest BCUT2D eigenvalue weighted by molar-refractivity contribution is 4.50. The first kappa shape index (κ1) is 29.4. The van der Waals surface area contributed by atoms with E-state index in [1.54, 1.807) is 0 Å². The van der Waals surface area contributed by atoms with Crippen molar-refractivity contribution in [3.8, 4) is 0 Å². The summed E-state index contributed by atoms with van der Waals surface area (Å²) in [4.78, 5) is 0. The van der Waals surface area contributed by atoms with E-state index in [4.69, 9.17) is 0 Å². The normalized spacial score (nSPS) is 8.40. The summed E-state index contributed by atoms with van der Waals surface area (Å²) in [5.41, 5.74) is 0. The molecule has 0 spiro atoms. The van der Waals surface area contributed by atoms with Crippen LogP contribution in [0.3, 0.4) is 0 Å². The molecule has 100 valence electrons. The minimum Gasteiger partial charge on any atom is -0.0683 e. The van der Waals surface area contributed by atoms with Crippen LogP contribution in [0.25, 0.3) is 0 Å². The summed E-state index contributed by atoms with van der Waals surface area (Å²) in [6.45, 7) is 20.4. The first-order chi connectivity index (χ1) is 7.41. The van der Waals surface area contributed by atoms with Crippen molar-refractivity contribution in [1.82, 2.24) is 0 Å². The first-order valence-electron chi connectivity index (χ1n) is 7.41. The van der Waals surface area contributed by atoms with Crippen molar-refractivity contribution in [2.24, 2.45) is 0 Å². The highest BCUT2D eigenvalue weighted by Crippen LogP contribution is 2.14. The van der Waals surface area contributed by atoms with Gasteiger partial charge in [-0.1, -0.05) is 101 Å². The lowest BCUT2D eigenvalue weighted by Crippen LogP contribution is -1.47. The first-order valence-corrected chi connectivity index (χ1v) is 7.41. The van der Waals surface area contributed by atoms with E-state index >= 15 is 0 Å². The molecule has 0 aromatic heterocycles. The number of hydrogen-bond acceptors (Lipinski definition) is 0. The van der Waals surface area contributed by atoms with Crippen LogP contribution in [0.1, 0.15) is 101 Å². The minimum atomic E-state index is 1.32. The molecule has 0 atom stereocenters. The van der Waals surface area contributed by atoms with Crippen LogP contribution in [0.15, 0.2) is 0 Å². The van der Waals surface area contributed by atoms with Gasteiger partial charge in [0.15, 0.2) is 0 Å². The Morgan fingerprint density at radius 3 is 0.600 bits per heavy atom. The van der Waals surface area contributed by atoms with Crippen molar-refractivity contribution in [3.05, 3.63) is 0 Å². The molecule has 0 amide bonds. The molecule has 0 aliphatic heterocycles. The average molecular weight is 220 g/mol. The predicted molar refractivity (Wildman–Crippen MR) is 79.8 cm³/mol. The van der Waals surface area contributed by atoms with Crippen LogP contribution < -0.4 is 0 Å². The van der Waals surface area contributed by atoms with Gasteiger partial charge < -0.3 is 0 Å². The summed E-state index contributed by atoms with van der Waals surface area (Å²) in [6.07, 6.45) is 7.14. The van der Waals surface area contributed by atoms with Crippen LogP contribution in [0.2, 0.25) is 0 Å². The third-order valence-electron chi connectivity index (χ3n) is 0.854. The molecule has 0 bridgehead atoms. The van der Waals surface area contributed by atoms with Crippen molar-refractivity contribution in [3.63, 3.8) is 0 Å². The number of rotatable bonds is 1. The summed E-state index contributed by atoms with van der Waals surface area (Å²) in [6, 6.07) is 0. The van der Waals surface area contributed by atoms with Crippen LogP contribution in [0.4, 0.5) is 0 Å². The Bertz CT molecular complexity index is 16.5. The van der Waals surface area contributed by atoms with Crippen LogP contribution in [-0.2, 0) is 0 Å². The Labute approximate surface area is 102 Å². The summed E-state index contributed by atoms with van der Waals surface area (Å²) in [7, 11) is 0. The zero-order chi connectivity index (χ0) is 13.5. The van der Waals surface area contributed by atoms with Crippen molar-refractivity contribution < 1.29 is 0 Å². The van der Waals surface area contributed by atoms with E-state index in [0.717, 1.165) is 0 Å². The Hall–Kier alpha value is 0. The molecule has 0 saturated heterocycles. The molecule has 1 rings (SSSR count). The lowest BCUT2D eigenvalue weighted by atomic mass is 10.4. The molecule has 0 heteroatoms. The standard InChI is InChI=1S/C4H10.C3H6.4C2H6/c1-3-4-2;1-2-3-1;4*1-2/h3-4H2,1-2H3;1-3H2;4*1-2H3. The van der Waals surface area contributed by atoms with Gasteiger partial charge in [-0.2, -0.15) is 0 Å². The van der Waals surface area contributed by atoms with E-state index in [2.05, 4.69) is 13.8 Å². The monoisotopic (exact) mass is 220 g/mol. The van der Waals surface area contributed by atoms with E-state index in [1.165, 1.54) is 32.1 Å². The highest BCUT2D eigenvalue weighted by atomic mass is 14.0. The largest absolute Gasteiger partial charge is 0.0683 e. The van der Waals surface area contributed by atoms with Gasteiger partial charge in [0.05, 0.1) is 0 Å². The molecule has 1 aliphatic carbocycles. The Kier molecular flexibility index (Phi) is 185. The van der Waals surface area contributed by atoms with Crippen LogP contribution in [-0.4, -0.2) is 0 Å². The molecule has 1 saturated carbocycles. The van der Waals surface area contributed by atoms with Crippen LogP contribution >= 0.6 is 0 Å². The van der Waals surface area contributed by atoms with Gasteiger partial charge in [-0.05, 0) is 0 Å². The van der Waals surface area contributed by atoms with Gasteiger partial charge in [-0.15, -0.1) is 0 Å². The summed E-state index contributed by atoms with van der Waals surface area (Å²) in [5, 5.41) is 0. The van der Waals surface area contributed by atoms with E-state index in [9.17, 15) is 0 Å². The summed E-state index contributed by atoms with van der Waals surface area (Å²) in [5.74, 6) is 0. The van der Waals surface area contributed by atoms with Crippen LogP contribution in [0.5, 0.6) is 0 Å². The molecule has 0 radical (unpaired) electrons. The fraction of sp³-hybridized carbons (Fsp3) is 1.00.